The van der Waals surface area contributed by atoms with E-state index < -0.39 is 11.9 Å². The second-order valence-electron chi connectivity index (χ2n) is 6.58. The Hall–Kier alpha value is -2.91. The number of imide groups is 1. The van der Waals surface area contributed by atoms with E-state index in [0.717, 1.165) is 32.4 Å². The number of nitrogens with one attached hydrogen (secondary N) is 2. The molecule has 0 aliphatic heterocycles. The third kappa shape index (κ3) is 6.79. The van der Waals surface area contributed by atoms with Gasteiger partial charge in [-0.3, -0.25) is 14.8 Å². The standard InChI is InChI=1S/C24H17ClN2O3S3/c25-16-9-11-19(12-10-16)32-22-15-31-14-21(22)23(28)26-24(29)27-33-20-8-4-7-18(13-20)30-17-5-2-1-3-6-17/h1-15H,(H2,26,27,28,29). The Labute approximate surface area is 208 Å². The van der Waals surface area contributed by atoms with Gasteiger partial charge in [0.1, 0.15) is 11.5 Å². The van der Waals surface area contributed by atoms with Crippen molar-refractivity contribution in [3.05, 3.63) is 100 Å². The SMILES string of the molecule is O=C(NSc1cccc(Oc2ccccc2)c1)NC(=O)c1cscc1Sc1ccc(Cl)cc1. The molecule has 166 valence electrons. The summed E-state index contributed by atoms with van der Waals surface area (Å²) in [7, 11) is 0. The molecule has 0 aliphatic carbocycles. The van der Waals surface area contributed by atoms with E-state index in [1.165, 1.54) is 23.1 Å². The highest BCUT2D eigenvalue weighted by Crippen LogP contribution is 2.33. The van der Waals surface area contributed by atoms with Crippen LogP contribution < -0.4 is 14.8 Å². The van der Waals surface area contributed by atoms with E-state index in [2.05, 4.69) is 10.0 Å². The Kier molecular flexibility index (Phi) is 7.96. The van der Waals surface area contributed by atoms with Gasteiger partial charge in [-0.2, -0.15) is 11.3 Å². The maximum Gasteiger partial charge on any atom is 0.331 e. The van der Waals surface area contributed by atoms with Crippen LogP contribution in [0, 0.1) is 0 Å². The lowest BCUT2D eigenvalue weighted by molar-refractivity contribution is 0.0963. The van der Waals surface area contributed by atoms with E-state index in [1.54, 1.807) is 23.6 Å². The van der Waals surface area contributed by atoms with Crippen molar-refractivity contribution < 1.29 is 14.3 Å². The first-order chi connectivity index (χ1) is 16.1. The van der Waals surface area contributed by atoms with Crippen molar-refractivity contribution in [2.45, 2.75) is 14.7 Å². The lowest BCUT2D eigenvalue weighted by Gasteiger charge is -2.09. The fourth-order valence-electron chi connectivity index (χ4n) is 2.69. The van der Waals surface area contributed by atoms with Gasteiger partial charge in [0.05, 0.1) is 5.56 Å². The maximum absolute atomic E-state index is 12.6. The molecule has 4 aromatic rings. The molecule has 5 nitrogen and oxygen atoms in total. The van der Waals surface area contributed by atoms with E-state index in [1.807, 2.05) is 66.0 Å². The van der Waals surface area contributed by atoms with Crippen molar-refractivity contribution in [3.8, 4) is 11.5 Å². The van der Waals surface area contributed by atoms with Crippen LogP contribution in [0.2, 0.25) is 5.02 Å². The number of rotatable bonds is 7. The van der Waals surface area contributed by atoms with Gasteiger partial charge in [-0.15, -0.1) is 0 Å². The summed E-state index contributed by atoms with van der Waals surface area (Å²) < 4.78 is 8.43. The molecule has 3 amide bonds. The molecule has 0 saturated carbocycles. The zero-order valence-corrected chi connectivity index (χ0v) is 20.2. The molecular formula is C24H17ClN2O3S3. The zero-order valence-electron chi connectivity index (χ0n) is 17.0. The smallest absolute Gasteiger partial charge is 0.331 e. The molecule has 0 unspecified atom stereocenters. The van der Waals surface area contributed by atoms with Crippen molar-refractivity contribution in [3.63, 3.8) is 0 Å². The van der Waals surface area contributed by atoms with Gasteiger partial charge in [0.15, 0.2) is 0 Å². The highest BCUT2D eigenvalue weighted by atomic mass is 35.5. The quantitative estimate of drug-likeness (QED) is 0.251. The number of halogens is 1. The highest BCUT2D eigenvalue weighted by Gasteiger charge is 2.16. The van der Waals surface area contributed by atoms with Crippen molar-refractivity contribution in [2.75, 3.05) is 0 Å². The predicted molar refractivity (Wildman–Crippen MR) is 135 cm³/mol. The van der Waals surface area contributed by atoms with Crippen LogP contribution in [0.4, 0.5) is 4.79 Å². The van der Waals surface area contributed by atoms with Crippen LogP contribution in [-0.4, -0.2) is 11.9 Å². The van der Waals surface area contributed by atoms with Crippen LogP contribution in [0.25, 0.3) is 0 Å². The number of amides is 3. The molecule has 1 heterocycles. The molecule has 0 bridgehead atoms. The number of urea groups is 1. The molecular weight excluding hydrogens is 496 g/mol. The van der Waals surface area contributed by atoms with Gasteiger partial charge < -0.3 is 4.74 Å². The highest BCUT2D eigenvalue weighted by molar-refractivity contribution is 7.99. The molecule has 2 N–H and O–H groups in total. The summed E-state index contributed by atoms with van der Waals surface area (Å²) in [5.74, 6) is 0.901. The van der Waals surface area contributed by atoms with Crippen molar-refractivity contribution in [1.82, 2.24) is 10.0 Å². The fourth-order valence-corrected chi connectivity index (χ4v) is 5.31. The van der Waals surface area contributed by atoms with E-state index in [-0.39, 0.29) is 0 Å². The van der Waals surface area contributed by atoms with Crippen LogP contribution in [0.5, 0.6) is 11.5 Å². The normalized spacial score (nSPS) is 10.5. The molecule has 0 fully saturated rings. The van der Waals surface area contributed by atoms with E-state index in [9.17, 15) is 9.59 Å². The van der Waals surface area contributed by atoms with Crippen molar-refractivity contribution in [1.29, 1.82) is 0 Å². The lowest BCUT2D eigenvalue weighted by atomic mass is 10.3. The minimum absolute atomic E-state index is 0.443. The fraction of sp³-hybridized carbons (Fsp3) is 0. The molecule has 0 radical (unpaired) electrons. The number of hydrogen-bond acceptors (Lipinski definition) is 6. The first kappa shape index (κ1) is 23.3. The molecule has 4 rings (SSSR count). The van der Waals surface area contributed by atoms with Gasteiger partial charge in [-0.05, 0) is 66.5 Å². The van der Waals surface area contributed by atoms with Gasteiger partial charge in [0.25, 0.3) is 5.91 Å². The van der Waals surface area contributed by atoms with Crippen LogP contribution in [-0.2, 0) is 0 Å². The summed E-state index contributed by atoms with van der Waals surface area (Å²) >= 11 is 9.85. The minimum Gasteiger partial charge on any atom is -0.457 e. The molecule has 1 aromatic heterocycles. The van der Waals surface area contributed by atoms with Crippen molar-refractivity contribution in [2.24, 2.45) is 0 Å². The lowest BCUT2D eigenvalue weighted by Crippen LogP contribution is -2.36. The molecule has 33 heavy (non-hydrogen) atoms. The molecule has 0 atom stereocenters. The Bertz CT molecular complexity index is 1250. The molecule has 3 aromatic carbocycles. The van der Waals surface area contributed by atoms with Gasteiger partial charge in [0, 0.05) is 30.5 Å². The average Bonchev–Trinajstić information content (AvgIpc) is 3.28. The number of benzene rings is 3. The van der Waals surface area contributed by atoms with Gasteiger partial charge in [0.2, 0.25) is 0 Å². The monoisotopic (exact) mass is 512 g/mol. The van der Waals surface area contributed by atoms with Crippen molar-refractivity contribution >= 4 is 58.6 Å². The Morgan fingerprint density at radius 3 is 2.39 bits per heavy atom. The number of ether oxygens (including phenoxy) is 1. The Morgan fingerprint density at radius 2 is 1.61 bits per heavy atom. The number of carbonyl (C=O) groups excluding carboxylic acids is 2. The third-order valence-corrected chi connectivity index (χ3v) is 7.17. The van der Waals surface area contributed by atoms with Gasteiger partial charge in [-0.1, -0.05) is 47.6 Å². The summed E-state index contributed by atoms with van der Waals surface area (Å²) in [5, 5.41) is 6.62. The molecule has 0 saturated heterocycles. The molecule has 9 heteroatoms. The molecule has 0 spiro atoms. The first-order valence-corrected chi connectivity index (χ1v) is 12.6. The van der Waals surface area contributed by atoms with Gasteiger partial charge in [-0.25, -0.2) is 4.79 Å². The average molecular weight is 513 g/mol. The second kappa shape index (κ2) is 11.3. The Balaban J connectivity index is 1.32. The van der Waals surface area contributed by atoms with Gasteiger partial charge >= 0.3 is 6.03 Å². The first-order valence-electron chi connectivity index (χ1n) is 9.67. The minimum atomic E-state index is -0.604. The maximum atomic E-state index is 12.6. The number of carbonyl (C=O) groups is 2. The largest absolute Gasteiger partial charge is 0.457 e. The van der Waals surface area contributed by atoms with Crippen LogP contribution in [0.3, 0.4) is 0 Å². The van der Waals surface area contributed by atoms with E-state index in [0.29, 0.717) is 16.3 Å². The number of hydrogen-bond donors (Lipinski definition) is 2. The summed E-state index contributed by atoms with van der Waals surface area (Å²) in [6.45, 7) is 0. The third-order valence-electron chi connectivity index (χ3n) is 4.19. The van der Waals surface area contributed by atoms with Crippen LogP contribution in [0.1, 0.15) is 10.4 Å². The van der Waals surface area contributed by atoms with Crippen LogP contribution >= 0.6 is 46.6 Å². The summed E-state index contributed by atoms with van der Waals surface area (Å²) in [4.78, 5) is 27.4. The zero-order chi connectivity index (χ0) is 23.0. The van der Waals surface area contributed by atoms with Crippen LogP contribution in [0.15, 0.2) is 104 Å². The topological polar surface area (TPSA) is 67.4 Å². The number of para-hydroxylation sites is 1. The predicted octanol–water partition coefficient (Wildman–Crippen LogP) is 7.49. The van der Waals surface area contributed by atoms with E-state index in [4.69, 9.17) is 16.3 Å². The summed E-state index contributed by atoms with van der Waals surface area (Å²) in [5.41, 5.74) is 0.443. The summed E-state index contributed by atoms with van der Waals surface area (Å²) in [6.07, 6.45) is 0. The summed E-state index contributed by atoms with van der Waals surface area (Å²) in [6, 6.07) is 23.5. The van der Waals surface area contributed by atoms with E-state index >= 15 is 0 Å². The molecule has 0 aliphatic rings. The number of thiophene rings is 1. The second-order valence-corrected chi connectivity index (χ2v) is 9.76. The Morgan fingerprint density at radius 1 is 0.848 bits per heavy atom.